The Morgan fingerprint density at radius 3 is 1.97 bits per heavy atom. The van der Waals surface area contributed by atoms with Crippen molar-refractivity contribution in [3.05, 3.63) is 126 Å². The van der Waals surface area contributed by atoms with Crippen LogP contribution in [0.3, 0.4) is 0 Å². The molecule has 0 aliphatic heterocycles. The summed E-state index contributed by atoms with van der Waals surface area (Å²) in [7, 11) is 0. The normalized spacial score (nSPS) is 10.8. The quantitative estimate of drug-likeness (QED) is 0.353. The third-order valence-electron chi connectivity index (χ3n) is 5.37. The van der Waals surface area contributed by atoms with Crippen molar-refractivity contribution >= 4 is 5.78 Å². The third-order valence-corrected chi connectivity index (χ3v) is 5.37. The lowest BCUT2D eigenvalue weighted by Gasteiger charge is -2.11. The van der Waals surface area contributed by atoms with Crippen LogP contribution in [0.4, 0.5) is 0 Å². The first kappa shape index (κ1) is 19.6. The van der Waals surface area contributed by atoms with Crippen molar-refractivity contribution < 1.29 is 4.79 Å². The number of hydrogen-bond donors (Lipinski definition) is 0. The first-order valence-corrected chi connectivity index (χ1v) is 10.4. The topological polar surface area (TPSA) is 60.7 Å². The highest BCUT2D eigenvalue weighted by Crippen LogP contribution is 2.31. The van der Waals surface area contributed by atoms with Gasteiger partial charge in [0, 0.05) is 16.7 Å². The maximum atomic E-state index is 12.7. The molecule has 5 aromatic rings. The molecule has 0 N–H and O–H groups in total. The van der Waals surface area contributed by atoms with Crippen LogP contribution in [0.1, 0.15) is 21.5 Å². The fraction of sp³-hybridized carbons (Fsp3) is 0.0370. The Labute approximate surface area is 186 Å². The lowest BCUT2D eigenvalue weighted by atomic mass is 9.96. The molecule has 0 unspecified atom stereocenters. The zero-order chi connectivity index (χ0) is 21.8. The number of aromatic nitrogens is 4. The predicted molar refractivity (Wildman–Crippen MR) is 124 cm³/mol. The van der Waals surface area contributed by atoms with Crippen LogP contribution < -0.4 is 0 Å². The summed E-state index contributed by atoms with van der Waals surface area (Å²) in [4.78, 5) is 12.7. The average Bonchev–Trinajstić information content (AvgIpc) is 3.33. The standard InChI is InChI=1S/C27H20N4O/c32-26(22-11-5-2-6-12-22)23-17-15-21(16-18-23)24-13-7-8-14-25(24)27-28-29-30-31(27)19-20-9-3-1-4-10-20/h1-18H,19H2. The second-order valence-electron chi connectivity index (χ2n) is 7.46. The van der Waals surface area contributed by atoms with E-state index in [9.17, 15) is 4.79 Å². The van der Waals surface area contributed by atoms with Crippen LogP contribution in [0.5, 0.6) is 0 Å². The molecule has 0 atom stereocenters. The predicted octanol–water partition coefficient (Wildman–Crippen LogP) is 5.29. The maximum Gasteiger partial charge on any atom is 0.193 e. The lowest BCUT2D eigenvalue weighted by molar-refractivity contribution is 0.103. The van der Waals surface area contributed by atoms with E-state index in [1.165, 1.54) is 0 Å². The van der Waals surface area contributed by atoms with E-state index in [0.29, 0.717) is 23.5 Å². The van der Waals surface area contributed by atoms with Crippen LogP contribution in [-0.2, 0) is 6.54 Å². The number of nitrogens with zero attached hydrogens (tertiary/aromatic N) is 4. The number of carbonyl (C=O) groups is 1. The van der Waals surface area contributed by atoms with Gasteiger partial charge < -0.3 is 0 Å². The first-order valence-electron chi connectivity index (χ1n) is 10.4. The van der Waals surface area contributed by atoms with E-state index in [1.54, 1.807) is 0 Å². The molecular weight excluding hydrogens is 396 g/mol. The van der Waals surface area contributed by atoms with Crippen molar-refractivity contribution in [1.82, 2.24) is 20.2 Å². The van der Waals surface area contributed by atoms with E-state index in [4.69, 9.17) is 0 Å². The number of benzene rings is 4. The molecule has 0 saturated heterocycles. The van der Waals surface area contributed by atoms with Gasteiger partial charge >= 0.3 is 0 Å². The highest BCUT2D eigenvalue weighted by Gasteiger charge is 2.15. The molecular formula is C27H20N4O. The summed E-state index contributed by atoms with van der Waals surface area (Å²) in [6.45, 7) is 0.585. The summed E-state index contributed by atoms with van der Waals surface area (Å²) in [5.41, 5.74) is 5.42. The van der Waals surface area contributed by atoms with Gasteiger partial charge in [-0.05, 0) is 27.1 Å². The molecule has 0 spiro atoms. The van der Waals surface area contributed by atoms with Crippen LogP contribution in [0, 0.1) is 0 Å². The number of rotatable bonds is 6. The summed E-state index contributed by atoms with van der Waals surface area (Å²) in [6, 6.07) is 35.1. The number of hydrogen-bond acceptors (Lipinski definition) is 4. The van der Waals surface area contributed by atoms with Crippen LogP contribution >= 0.6 is 0 Å². The van der Waals surface area contributed by atoms with Gasteiger partial charge in [-0.1, -0.05) is 109 Å². The van der Waals surface area contributed by atoms with Crippen molar-refractivity contribution in [2.75, 3.05) is 0 Å². The fourth-order valence-electron chi connectivity index (χ4n) is 3.75. The molecule has 5 rings (SSSR count). The zero-order valence-electron chi connectivity index (χ0n) is 17.3. The van der Waals surface area contributed by atoms with Gasteiger partial charge in [0.05, 0.1) is 6.54 Å². The minimum absolute atomic E-state index is 0.0113. The van der Waals surface area contributed by atoms with Gasteiger partial charge in [0.15, 0.2) is 11.6 Å². The molecule has 0 saturated carbocycles. The minimum Gasteiger partial charge on any atom is -0.289 e. The average molecular weight is 416 g/mol. The molecule has 4 aromatic carbocycles. The number of ketones is 1. The van der Waals surface area contributed by atoms with Crippen LogP contribution in [0.25, 0.3) is 22.5 Å². The van der Waals surface area contributed by atoms with Gasteiger partial charge in [0.25, 0.3) is 0 Å². The van der Waals surface area contributed by atoms with E-state index in [1.807, 2.05) is 102 Å². The molecule has 0 bridgehead atoms. The second kappa shape index (κ2) is 8.78. The molecule has 1 aromatic heterocycles. The lowest BCUT2D eigenvalue weighted by Crippen LogP contribution is -2.05. The summed E-state index contributed by atoms with van der Waals surface area (Å²) in [6.07, 6.45) is 0. The third kappa shape index (κ3) is 3.96. The Morgan fingerprint density at radius 2 is 1.25 bits per heavy atom. The Bertz CT molecular complexity index is 1340. The van der Waals surface area contributed by atoms with Gasteiger partial charge in [-0.3, -0.25) is 4.79 Å². The monoisotopic (exact) mass is 416 g/mol. The molecule has 0 aliphatic rings. The van der Waals surface area contributed by atoms with Gasteiger partial charge in [0.1, 0.15) is 0 Å². The molecule has 0 fully saturated rings. The van der Waals surface area contributed by atoms with Gasteiger partial charge in [-0.2, -0.15) is 0 Å². The van der Waals surface area contributed by atoms with Crippen molar-refractivity contribution in [1.29, 1.82) is 0 Å². The SMILES string of the molecule is O=C(c1ccccc1)c1ccc(-c2ccccc2-c2nnnn2Cc2ccccc2)cc1. The van der Waals surface area contributed by atoms with Crippen LogP contribution in [0.2, 0.25) is 0 Å². The zero-order valence-corrected chi connectivity index (χ0v) is 17.3. The van der Waals surface area contributed by atoms with Crippen molar-refractivity contribution in [3.8, 4) is 22.5 Å². The van der Waals surface area contributed by atoms with Crippen molar-refractivity contribution in [3.63, 3.8) is 0 Å². The van der Waals surface area contributed by atoms with Gasteiger partial charge in [-0.15, -0.1) is 5.10 Å². The number of carbonyl (C=O) groups excluding carboxylic acids is 1. The Kier molecular flexibility index (Phi) is 5.37. The maximum absolute atomic E-state index is 12.7. The molecule has 0 amide bonds. The van der Waals surface area contributed by atoms with Gasteiger partial charge in [-0.25, -0.2) is 4.68 Å². The van der Waals surface area contributed by atoms with Crippen molar-refractivity contribution in [2.24, 2.45) is 0 Å². The summed E-state index contributed by atoms with van der Waals surface area (Å²) >= 11 is 0. The van der Waals surface area contributed by atoms with Crippen molar-refractivity contribution in [2.45, 2.75) is 6.54 Å². The van der Waals surface area contributed by atoms with E-state index in [0.717, 1.165) is 22.3 Å². The van der Waals surface area contributed by atoms with E-state index < -0.39 is 0 Å². The number of tetrazole rings is 1. The molecule has 32 heavy (non-hydrogen) atoms. The van der Waals surface area contributed by atoms with Gasteiger partial charge in [0.2, 0.25) is 0 Å². The summed E-state index contributed by atoms with van der Waals surface area (Å²) in [5.74, 6) is 0.714. The summed E-state index contributed by atoms with van der Waals surface area (Å²) < 4.78 is 1.81. The Hall–Kier alpha value is -4.38. The highest BCUT2D eigenvalue weighted by molar-refractivity contribution is 6.09. The smallest absolute Gasteiger partial charge is 0.193 e. The Morgan fingerprint density at radius 1 is 0.656 bits per heavy atom. The molecule has 5 nitrogen and oxygen atoms in total. The van der Waals surface area contributed by atoms with Crippen LogP contribution in [-0.4, -0.2) is 26.0 Å². The second-order valence-corrected chi connectivity index (χ2v) is 7.46. The van der Waals surface area contributed by atoms with E-state index in [-0.39, 0.29) is 5.78 Å². The minimum atomic E-state index is 0.0113. The Balaban J connectivity index is 1.47. The molecule has 5 heteroatoms. The molecule has 1 heterocycles. The summed E-state index contributed by atoms with van der Waals surface area (Å²) in [5, 5.41) is 12.4. The fourth-order valence-corrected chi connectivity index (χ4v) is 3.75. The first-order chi connectivity index (χ1) is 15.8. The highest BCUT2D eigenvalue weighted by atomic mass is 16.1. The molecule has 0 radical (unpaired) electrons. The van der Waals surface area contributed by atoms with E-state index in [2.05, 4.69) is 27.7 Å². The van der Waals surface area contributed by atoms with Crippen LogP contribution in [0.15, 0.2) is 109 Å². The van der Waals surface area contributed by atoms with E-state index >= 15 is 0 Å². The molecule has 154 valence electrons. The molecule has 0 aliphatic carbocycles. The largest absolute Gasteiger partial charge is 0.289 e.